The third-order valence-electron chi connectivity index (χ3n) is 2.86. The second-order valence-electron chi connectivity index (χ2n) is 4.24. The van der Waals surface area contributed by atoms with Crippen molar-refractivity contribution in [2.45, 2.75) is 58.2 Å². The van der Waals surface area contributed by atoms with Gasteiger partial charge < -0.3 is 9.47 Å². The SMILES string of the molecule is CCCCCCCCC1=CC(=O)OC1OC. The van der Waals surface area contributed by atoms with E-state index in [1.54, 1.807) is 13.2 Å². The lowest BCUT2D eigenvalue weighted by molar-refractivity contribution is -0.155. The van der Waals surface area contributed by atoms with E-state index >= 15 is 0 Å². The van der Waals surface area contributed by atoms with E-state index in [9.17, 15) is 4.79 Å². The number of hydrogen-bond acceptors (Lipinski definition) is 3. The Kier molecular flexibility index (Phi) is 6.16. The van der Waals surface area contributed by atoms with Gasteiger partial charge in [-0.1, -0.05) is 39.0 Å². The van der Waals surface area contributed by atoms with Gasteiger partial charge in [0.05, 0.1) is 0 Å². The minimum Gasteiger partial charge on any atom is -0.428 e. The molecule has 0 amide bonds. The minimum absolute atomic E-state index is 0.271. The standard InChI is InChI=1S/C13H22O3/c1-3-4-5-6-7-8-9-11-10-12(14)16-13(11)15-2/h10,13H,3-9H2,1-2H3. The highest BCUT2D eigenvalue weighted by molar-refractivity contribution is 5.85. The summed E-state index contributed by atoms with van der Waals surface area (Å²) in [5.41, 5.74) is 0.989. The van der Waals surface area contributed by atoms with E-state index in [4.69, 9.17) is 9.47 Å². The zero-order valence-corrected chi connectivity index (χ0v) is 10.3. The molecule has 1 aliphatic rings. The first-order chi connectivity index (χ1) is 7.77. The predicted octanol–water partition coefficient (Wildman–Crippen LogP) is 3.19. The number of carbonyl (C=O) groups excluding carboxylic acids is 1. The molecule has 0 aromatic rings. The van der Waals surface area contributed by atoms with Gasteiger partial charge in [-0.3, -0.25) is 0 Å². The first-order valence-electron chi connectivity index (χ1n) is 6.21. The number of hydrogen-bond donors (Lipinski definition) is 0. The second-order valence-corrected chi connectivity index (χ2v) is 4.24. The van der Waals surface area contributed by atoms with Crippen molar-refractivity contribution in [1.29, 1.82) is 0 Å². The van der Waals surface area contributed by atoms with Crippen LogP contribution in [0.3, 0.4) is 0 Å². The molecular formula is C13H22O3. The van der Waals surface area contributed by atoms with Crippen LogP contribution >= 0.6 is 0 Å². The first kappa shape index (κ1) is 13.2. The molecule has 1 atom stereocenters. The van der Waals surface area contributed by atoms with Gasteiger partial charge in [0.25, 0.3) is 0 Å². The van der Waals surface area contributed by atoms with Crippen LogP contribution in [-0.2, 0) is 14.3 Å². The Labute approximate surface area is 97.8 Å². The van der Waals surface area contributed by atoms with Gasteiger partial charge in [0.1, 0.15) is 0 Å². The van der Waals surface area contributed by atoms with Crippen molar-refractivity contribution in [2.24, 2.45) is 0 Å². The molecule has 92 valence electrons. The molecule has 0 aromatic heterocycles. The van der Waals surface area contributed by atoms with Gasteiger partial charge in [-0.05, 0) is 12.8 Å². The van der Waals surface area contributed by atoms with Crippen LogP contribution in [0, 0.1) is 0 Å². The van der Waals surface area contributed by atoms with Crippen LogP contribution in [0.2, 0.25) is 0 Å². The summed E-state index contributed by atoms with van der Waals surface area (Å²) in [6.45, 7) is 2.22. The third-order valence-corrected chi connectivity index (χ3v) is 2.86. The highest BCUT2D eigenvalue weighted by Gasteiger charge is 2.24. The molecule has 1 aliphatic heterocycles. The maximum Gasteiger partial charge on any atom is 0.333 e. The van der Waals surface area contributed by atoms with E-state index in [0.717, 1.165) is 18.4 Å². The number of unbranched alkanes of at least 4 members (excludes halogenated alkanes) is 5. The van der Waals surface area contributed by atoms with Crippen molar-refractivity contribution >= 4 is 5.97 Å². The van der Waals surface area contributed by atoms with Crippen molar-refractivity contribution in [3.8, 4) is 0 Å². The summed E-state index contributed by atoms with van der Waals surface area (Å²) >= 11 is 0. The van der Waals surface area contributed by atoms with Gasteiger partial charge >= 0.3 is 5.97 Å². The average molecular weight is 226 g/mol. The summed E-state index contributed by atoms with van der Waals surface area (Å²) in [6, 6.07) is 0. The highest BCUT2D eigenvalue weighted by Crippen LogP contribution is 2.22. The van der Waals surface area contributed by atoms with Gasteiger partial charge in [0.15, 0.2) is 0 Å². The van der Waals surface area contributed by atoms with Crippen LogP contribution in [0.5, 0.6) is 0 Å². The van der Waals surface area contributed by atoms with E-state index in [0.29, 0.717) is 0 Å². The van der Waals surface area contributed by atoms with Crippen molar-refractivity contribution in [3.63, 3.8) is 0 Å². The van der Waals surface area contributed by atoms with Gasteiger partial charge in [0.2, 0.25) is 6.29 Å². The van der Waals surface area contributed by atoms with Crippen molar-refractivity contribution < 1.29 is 14.3 Å². The molecule has 1 rings (SSSR count). The number of methoxy groups -OCH3 is 1. The fourth-order valence-corrected chi connectivity index (χ4v) is 1.93. The Morgan fingerprint density at radius 2 is 1.94 bits per heavy atom. The van der Waals surface area contributed by atoms with Crippen LogP contribution < -0.4 is 0 Å². The molecule has 0 aliphatic carbocycles. The lowest BCUT2D eigenvalue weighted by atomic mass is 10.1. The van der Waals surface area contributed by atoms with Gasteiger partial charge in [0, 0.05) is 18.8 Å². The summed E-state index contributed by atoms with van der Waals surface area (Å²) in [5, 5.41) is 0. The number of esters is 1. The molecule has 0 radical (unpaired) electrons. The molecule has 0 N–H and O–H groups in total. The monoisotopic (exact) mass is 226 g/mol. The van der Waals surface area contributed by atoms with E-state index in [-0.39, 0.29) is 5.97 Å². The average Bonchev–Trinajstić information content (AvgIpc) is 2.64. The molecule has 0 bridgehead atoms. The van der Waals surface area contributed by atoms with E-state index in [1.807, 2.05) is 0 Å². The number of ether oxygens (including phenoxy) is 2. The molecular weight excluding hydrogens is 204 g/mol. The topological polar surface area (TPSA) is 35.5 Å². The van der Waals surface area contributed by atoms with E-state index < -0.39 is 6.29 Å². The largest absolute Gasteiger partial charge is 0.428 e. The molecule has 0 saturated heterocycles. The molecule has 0 fully saturated rings. The number of rotatable bonds is 8. The molecule has 16 heavy (non-hydrogen) atoms. The Hall–Kier alpha value is -0.830. The third kappa shape index (κ3) is 4.35. The molecule has 1 heterocycles. The zero-order chi connectivity index (χ0) is 11.8. The van der Waals surface area contributed by atoms with E-state index in [1.165, 1.54) is 32.1 Å². The summed E-state index contributed by atoms with van der Waals surface area (Å²) < 4.78 is 10.0. The second kappa shape index (κ2) is 7.44. The molecule has 3 nitrogen and oxygen atoms in total. The fraction of sp³-hybridized carbons (Fsp3) is 0.769. The maximum atomic E-state index is 11.0. The van der Waals surface area contributed by atoms with E-state index in [2.05, 4.69) is 6.92 Å². The Balaban J connectivity index is 2.12. The lowest BCUT2D eigenvalue weighted by Gasteiger charge is -2.11. The van der Waals surface area contributed by atoms with Crippen LogP contribution in [0.15, 0.2) is 11.6 Å². The van der Waals surface area contributed by atoms with Gasteiger partial charge in [-0.15, -0.1) is 0 Å². The molecule has 0 saturated carbocycles. The van der Waals surface area contributed by atoms with Crippen LogP contribution in [0.4, 0.5) is 0 Å². The quantitative estimate of drug-likeness (QED) is 0.471. The first-order valence-corrected chi connectivity index (χ1v) is 6.21. The maximum absolute atomic E-state index is 11.0. The Morgan fingerprint density at radius 3 is 2.62 bits per heavy atom. The Bertz CT molecular complexity index is 246. The summed E-state index contributed by atoms with van der Waals surface area (Å²) in [6.07, 6.45) is 9.60. The Morgan fingerprint density at radius 1 is 1.25 bits per heavy atom. The van der Waals surface area contributed by atoms with Gasteiger partial charge in [-0.25, -0.2) is 4.79 Å². The van der Waals surface area contributed by atoms with Crippen molar-refractivity contribution in [1.82, 2.24) is 0 Å². The summed E-state index contributed by atoms with van der Waals surface area (Å²) in [5.74, 6) is -0.271. The lowest BCUT2D eigenvalue weighted by Crippen LogP contribution is -2.13. The molecule has 3 heteroatoms. The van der Waals surface area contributed by atoms with Crippen LogP contribution in [-0.4, -0.2) is 19.4 Å². The fourth-order valence-electron chi connectivity index (χ4n) is 1.93. The van der Waals surface area contributed by atoms with Gasteiger partial charge in [-0.2, -0.15) is 0 Å². The number of carbonyl (C=O) groups is 1. The smallest absolute Gasteiger partial charge is 0.333 e. The summed E-state index contributed by atoms with van der Waals surface area (Å²) in [7, 11) is 1.57. The van der Waals surface area contributed by atoms with Crippen molar-refractivity contribution in [3.05, 3.63) is 11.6 Å². The minimum atomic E-state index is -0.428. The number of cyclic esters (lactones) is 1. The molecule has 0 spiro atoms. The van der Waals surface area contributed by atoms with Crippen LogP contribution in [0.1, 0.15) is 51.9 Å². The van der Waals surface area contributed by atoms with Crippen molar-refractivity contribution in [2.75, 3.05) is 7.11 Å². The van der Waals surface area contributed by atoms with Crippen LogP contribution in [0.25, 0.3) is 0 Å². The predicted molar refractivity (Wildman–Crippen MR) is 63.0 cm³/mol. The molecule has 1 unspecified atom stereocenters. The molecule has 0 aromatic carbocycles. The highest BCUT2D eigenvalue weighted by atomic mass is 16.7. The summed E-state index contributed by atoms with van der Waals surface area (Å²) in [4.78, 5) is 11.0. The normalized spacial score (nSPS) is 19.8. The zero-order valence-electron chi connectivity index (χ0n) is 10.3.